The van der Waals surface area contributed by atoms with Gasteiger partial charge in [-0.2, -0.15) is 5.10 Å². The van der Waals surface area contributed by atoms with Gasteiger partial charge in [-0.05, 0) is 47.4 Å². The highest BCUT2D eigenvalue weighted by atomic mass is 19.1. The third kappa shape index (κ3) is 3.10. The van der Waals surface area contributed by atoms with Gasteiger partial charge in [-0.3, -0.25) is 9.89 Å². The van der Waals surface area contributed by atoms with Crippen molar-refractivity contribution >= 4 is 27.8 Å². The van der Waals surface area contributed by atoms with Crippen molar-refractivity contribution < 1.29 is 4.39 Å². The molecule has 0 bridgehead atoms. The summed E-state index contributed by atoms with van der Waals surface area (Å²) in [6.07, 6.45) is 4.47. The maximum absolute atomic E-state index is 14.7. The Balaban J connectivity index is 1.22. The molecule has 2 fully saturated rings. The van der Waals surface area contributed by atoms with Crippen LogP contribution >= 0.6 is 0 Å². The van der Waals surface area contributed by atoms with E-state index < -0.39 is 0 Å². The molecule has 3 atom stereocenters. The zero-order chi connectivity index (χ0) is 25.3. The molecule has 3 aromatic heterocycles. The summed E-state index contributed by atoms with van der Waals surface area (Å²) >= 11 is 0. The van der Waals surface area contributed by atoms with Gasteiger partial charge in [0.15, 0.2) is 0 Å². The Morgan fingerprint density at radius 2 is 2.00 bits per heavy atom. The minimum atomic E-state index is -0.317. The van der Waals surface area contributed by atoms with Crippen LogP contribution in [0.2, 0.25) is 0 Å². The Morgan fingerprint density at radius 1 is 1.14 bits per heavy atom. The Labute approximate surface area is 212 Å². The van der Waals surface area contributed by atoms with Gasteiger partial charge in [-0.15, -0.1) is 0 Å². The fraction of sp³-hybridized carbons (Fsp3) is 0.286. The second-order valence-corrected chi connectivity index (χ2v) is 10.2. The number of fused-ring (bicyclic) bond motifs is 3. The molecule has 5 aromatic rings. The Bertz CT molecular complexity index is 1740. The van der Waals surface area contributed by atoms with E-state index in [1.54, 1.807) is 30.1 Å². The van der Waals surface area contributed by atoms with Crippen molar-refractivity contribution in [2.75, 3.05) is 24.5 Å². The Hall–Kier alpha value is -4.11. The predicted molar refractivity (Wildman–Crippen MR) is 141 cm³/mol. The summed E-state index contributed by atoms with van der Waals surface area (Å²) in [5.74, 6) is 1.22. The lowest BCUT2D eigenvalue weighted by Crippen LogP contribution is -2.32. The molecule has 186 valence electrons. The summed E-state index contributed by atoms with van der Waals surface area (Å²) in [7, 11) is 1.74. The smallest absolute Gasteiger partial charge is 0.258 e. The van der Waals surface area contributed by atoms with Crippen LogP contribution in [0.1, 0.15) is 12.0 Å². The molecule has 2 aromatic carbocycles. The molecular formula is C28H26FN7O. The number of piperidine rings is 1. The molecule has 1 saturated heterocycles. The largest absolute Gasteiger partial charge is 0.355 e. The zero-order valence-corrected chi connectivity index (χ0v) is 20.4. The fourth-order valence-corrected chi connectivity index (χ4v) is 6.56. The van der Waals surface area contributed by atoms with Gasteiger partial charge >= 0.3 is 0 Å². The predicted octanol–water partition coefficient (Wildman–Crippen LogP) is 3.36. The average Bonchev–Trinajstić information content (AvgIpc) is 3.39. The monoisotopic (exact) mass is 495 g/mol. The highest BCUT2D eigenvalue weighted by Crippen LogP contribution is 2.63. The summed E-state index contributed by atoms with van der Waals surface area (Å²) in [5.41, 5.74) is 9.38. The van der Waals surface area contributed by atoms with Crippen LogP contribution in [0.5, 0.6) is 0 Å². The van der Waals surface area contributed by atoms with Gasteiger partial charge in [0.2, 0.25) is 5.65 Å². The van der Waals surface area contributed by atoms with E-state index in [0.29, 0.717) is 29.0 Å². The van der Waals surface area contributed by atoms with Crippen molar-refractivity contribution in [2.45, 2.75) is 11.8 Å². The van der Waals surface area contributed by atoms with Crippen LogP contribution in [0.15, 0.2) is 65.7 Å². The highest BCUT2D eigenvalue weighted by molar-refractivity contribution is 6.01. The molecule has 1 aliphatic carbocycles. The van der Waals surface area contributed by atoms with Gasteiger partial charge in [0.1, 0.15) is 17.2 Å². The maximum Gasteiger partial charge on any atom is 0.258 e. The molecule has 37 heavy (non-hydrogen) atoms. The van der Waals surface area contributed by atoms with Gasteiger partial charge < -0.3 is 15.2 Å². The summed E-state index contributed by atoms with van der Waals surface area (Å²) in [4.78, 5) is 24.4. The number of anilines is 1. The SMILES string of the molecule is Cn1ccc2c(-c3[nH]nc4nc(N5CC[C@@H]6[C@H](C5)[C@@]6(CN)c5ccccc5F)cnc34)cccc2c1=O. The fourth-order valence-electron chi connectivity index (χ4n) is 6.56. The molecule has 0 unspecified atom stereocenters. The van der Waals surface area contributed by atoms with Crippen LogP contribution in [0.3, 0.4) is 0 Å². The highest BCUT2D eigenvalue weighted by Gasteiger charge is 2.66. The number of nitrogens with zero attached hydrogens (tertiary/aromatic N) is 5. The number of nitrogens with one attached hydrogen (secondary N) is 1. The topological polar surface area (TPSA) is 106 Å². The molecule has 4 heterocycles. The first kappa shape index (κ1) is 22.1. The van der Waals surface area contributed by atoms with Crippen molar-refractivity contribution in [3.05, 3.63) is 82.7 Å². The molecule has 2 aliphatic rings. The summed E-state index contributed by atoms with van der Waals surface area (Å²) in [5, 5.41) is 9.02. The number of benzene rings is 2. The lowest BCUT2D eigenvalue weighted by atomic mass is 9.91. The van der Waals surface area contributed by atoms with E-state index in [2.05, 4.69) is 15.1 Å². The molecule has 1 saturated carbocycles. The van der Waals surface area contributed by atoms with E-state index in [0.717, 1.165) is 47.5 Å². The minimum Gasteiger partial charge on any atom is -0.355 e. The van der Waals surface area contributed by atoms with Crippen LogP contribution < -0.4 is 16.2 Å². The molecular weight excluding hydrogens is 469 g/mol. The van der Waals surface area contributed by atoms with Crippen molar-refractivity contribution in [1.29, 1.82) is 0 Å². The summed E-state index contributed by atoms with van der Waals surface area (Å²) in [6, 6.07) is 14.6. The van der Waals surface area contributed by atoms with Gasteiger partial charge in [0.05, 0.1) is 11.9 Å². The number of pyridine rings is 1. The number of aromatic amines is 1. The molecule has 7 rings (SSSR count). The van der Waals surface area contributed by atoms with Crippen LogP contribution in [-0.4, -0.2) is 44.4 Å². The summed E-state index contributed by atoms with van der Waals surface area (Å²) < 4.78 is 16.3. The molecule has 0 radical (unpaired) electrons. The number of aromatic nitrogens is 5. The second-order valence-electron chi connectivity index (χ2n) is 10.2. The lowest BCUT2D eigenvalue weighted by Gasteiger charge is -2.26. The number of hydrogen-bond donors (Lipinski definition) is 2. The zero-order valence-electron chi connectivity index (χ0n) is 20.4. The second kappa shape index (κ2) is 7.94. The van der Waals surface area contributed by atoms with Gasteiger partial charge in [-0.1, -0.05) is 30.3 Å². The normalized spacial score (nSPS) is 22.9. The number of H-pyrrole nitrogens is 1. The molecule has 0 amide bonds. The van der Waals surface area contributed by atoms with Crippen LogP contribution in [0.25, 0.3) is 33.2 Å². The standard InChI is InChI=1S/C28H26FN7O/c1-35-11-9-16-17(5-4-6-18(16)27(35)37)24-25-26(34-33-24)32-23(13-31-25)36-12-10-19-21(14-36)28(19,15-30)20-7-2-3-8-22(20)29/h2-9,11,13,19,21H,10,12,14-15,30H2,1H3,(H,32,33,34)/t19-,21+,28-/m1/s1. The van der Waals surface area contributed by atoms with E-state index in [1.807, 2.05) is 36.4 Å². The quantitative estimate of drug-likeness (QED) is 0.396. The number of halogens is 1. The third-order valence-corrected chi connectivity index (χ3v) is 8.51. The molecule has 9 heteroatoms. The third-order valence-electron chi connectivity index (χ3n) is 8.51. The summed E-state index contributed by atoms with van der Waals surface area (Å²) in [6.45, 7) is 1.99. The van der Waals surface area contributed by atoms with E-state index in [9.17, 15) is 9.18 Å². The van der Waals surface area contributed by atoms with Gasteiger partial charge in [-0.25, -0.2) is 14.4 Å². The molecule has 3 N–H and O–H groups in total. The molecule has 8 nitrogen and oxygen atoms in total. The molecule has 0 spiro atoms. The van der Waals surface area contributed by atoms with E-state index in [4.69, 9.17) is 15.7 Å². The molecule has 1 aliphatic heterocycles. The van der Waals surface area contributed by atoms with Crippen LogP contribution in [-0.2, 0) is 12.5 Å². The lowest BCUT2D eigenvalue weighted by molar-refractivity contribution is 0.533. The first-order chi connectivity index (χ1) is 18.0. The number of rotatable bonds is 4. The van der Waals surface area contributed by atoms with Gasteiger partial charge in [0.25, 0.3) is 5.56 Å². The maximum atomic E-state index is 14.7. The number of aryl methyl sites for hydroxylation is 1. The van der Waals surface area contributed by atoms with Crippen molar-refractivity contribution in [3.8, 4) is 11.3 Å². The van der Waals surface area contributed by atoms with E-state index in [-0.39, 0.29) is 22.7 Å². The minimum absolute atomic E-state index is 0.0519. The van der Waals surface area contributed by atoms with Crippen molar-refractivity contribution in [1.82, 2.24) is 24.7 Å². The van der Waals surface area contributed by atoms with E-state index in [1.165, 1.54) is 6.07 Å². The van der Waals surface area contributed by atoms with Gasteiger partial charge in [0, 0.05) is 49.2 Å². The van der Waals surface area contributed by atoms with E-state index >= 15 is 0 Å². The Kier molecular flexibility index (Phi) is 4.75. The van der Waals surface area contributed by atoms with Crippen molar-refractivity contribution in [2.24, 2.45) is 24.6 Å². The van der Waals surface area contributed by atoms with Crippen molar-refractivity contribution in [3.63, 3.8) is 0 Å². The van der Waals surface area contributed by atoms with Crippen LogP contribution in [0, 0.1) is 17.7 Å². The van der Waals surface area contributed by atoms with Crippen LogP contribution in [0.4, 0.5) is 10.2 Å². The number of nitrogens with two attached hydrogens (primary N) is 1. The first-order valence-electron chi connectivity index (χ1n) is 12.5. The first-order valence-corrected chi connectivity index (χ1v) is 12.5. The average molecular weight is 496 g/mol. The number of hydrogen-bond acceptors (Lipinski definition) is 6. The Morgan fingerprint density at radius 3 is 2.84 bits per heavy atom.